The summed E-state index contributed by atoms with van der Waals surface area (Å²) in [6, 6.07) is 0. The highest BCUT2D eigenvalue weighted by Crippen LogP contribution is 2.24. The summed E-state index contributed by atoms with van der Waals surface area (Å²) in [5.74, 6) is 0.937. The monoisotopic (exact) mass is 179 g/mol. The number of aromatic nitrogens is 1. The minimum Gasteiger partial charge on any atom is -0.360 e. The third-order valence-corrected chi connectivity index (χ3v) is 2.45. The van der Waals surface area contributed by atoms with E-state index in [-0.39, 0.29) is 5.78 Å². The number of hydrogen-bond donors (Lipinski definition) is 0. The molecule has 0 radical (unpaired) electrons. The summed E-state index contributed by atoms with van der Waals surface area (Å²) in [4.78, 5) is 10.9. The minimum atomic E-state index is 0.143. The van der Waals surface area contributed by atoms with Gasteiger partial charge in [-0.1, -0.05) is 5.16 Å². The van der Waals surface area contributed by atoms with Crippen LogP contribution in [0.25, 0.3) is 0 Å². The first-order valence-electron chi connectivity index (χ1n) is 4.73. The van der Waals surface area contributed by atoms with Gasteiger partial charge in [0, 0.05) is 5.56 Å². The van der Waals surface area contributed by atoms with Crippen LogP contribution in [0.15, 0.2) is 4.52 Å². The molecular formula is C10H13NO2. The molecule has 0 bridgehead atoms. The number of ketones is 1. The smallest absolute Gasteiger partial charge is 0.147 e. The highest BCUT2D eigenvalue weighted by Gasteiger charge is 2.19. The normalized spacial score (nSPS) is 15.5. The van der Waals surface area contributed by atoms with E-state index in [2.05, 4.69) is 5.16 Å². The topological polar surface area (TPSA) is 43.1 Å². The predicted molar refractivity (Wildman–Crippen MR) is 47.5 cm³/mol. The Bertz CT molecular complexity index is 328. The lowest BCUT2D eigenvalue weighted by Crippen LogP contribution is -2.04. The van der Waals surface area contributed by atoms with E-state index in [0.29, 0.717) is 6.42 Å². The summed E-state index contributed by atoms with van der Waals surface area (Å²) in [5, 5.41) is 3.98. The van der Waals surface area contributed by atoms with Crippen molar-refractivity contribution in [3.63, 3.8) is 0 Å². The predicted octanol–water partition coefficient (Wildman–Crippen LogP) is 1.68. The average Bonchev–Trinajstić information content (AvgIpc) is 2.48. The number of carbonyl (C=O) groups excluding carboxylic acids is 1. The number of rotatable bonds is 2. The van der Waals surface area contributed by atoms with E-state index in [1.165, 1.54) is 18.4 Å². The summed E-state index contributed by atoms with van der Waals surface area (Å²) in [6.45, 7) is 1.58. The van der Waals surface area contributed by atoms with Gasteiger partial charge in [-0.25, -0.2) is 0 Å². The van der Waals surface area contributed by atoms with Crippen LogP contribution < -0.4 is 0 Å². The number of hydrogen-bond acceptors (Lipinski definition) is 3. The zero-order chi connectivity index (χ0) is 9.26. The van der Waals surface area contributed by atoms with Crippen molar-refractivity contribution in [2.24, 2.45) is 0 Å². The molecule has 1 aliphatic rings. The van der Waals surface area contributed by atoms with Crippen LogP contribution in [-0.2, 0) is 24.1 Å². The van der Waals surface area contributed by atoms with Crippen LogP contribution in [0, 0.1) is 0 Å². The third kappa shape index (κ3) is 1.64. The van der Waals surface area contributed by atoms with Crippen molar-refractivity contribution in [3.05, 3.63) is 17.0 Å². The summed E-state index contributed by atoms with van der Waals surface area (Å²) in [7, 11) is 0. The van der Waals surface area contributed by atoms with Crippen molar-refractivity contribution in [3.8, 4) is 0 Å². The van der Waals surface area contributed by atoms with E-state index in [4.69, 9.17) is 4.52 Å². The number of aryl methyl sites for hydroxylation is 1. The molecule has 13 heavy (non-hydrogen) atoms. The average molecular weight is 179 g/mol. The second kappa shape index (κ2) is 3.32. The number of nitrogens with zero attached hydrogens (tertiary/aromatic N) is 1. The first kappa shape index (κ1) is 8.48. The van der Waals surface area contributed by atoms with Crippen molar-refractivity contribution < 1.29 is 9.32 Å². The molecular weight excluding hydrogens is 166 g/mol. The molecule has 1 aromatic heterocycles. The standard InChI is InChI=1S/C10H13NO2/c1-7(12)6-10-8-4-2-3-5-9(8)11-13-10/h2-6H2,1H3. The molecule has 1 aliphatic carbocycles. The van der Waals surface area contributed by atoms with E-state index in [1.807, 2.05) is 0 Å². The van der Waals surface area contributed by atoms with Gasteiger partial charge in [0.2, 0.25) is 0 Å². The highest BCUT2D eigenvalue weighted by molar-refractivity contribution is 5.77. The summed E-state index contributed by atoms with van der Waals surface area (Å²) in [5.41, 5.74) is 2.27. The molecule has 3 nitrogen and oxygen atoms in total. The van der Waals surface area contributed by atoms with Crippen LogP contribution in [-0.4, -0.2) is 10.9 Å². The van der Waals surface area contributed by atoms with Gasteiger partial charge in [-0.2, -0.15) is 0 Å². The van der Waals surface area contributed by atoms with Crippen LogP contribution in [0.5, 0.6) is 0 Å². The lowest BCUT2D eigenvalue weighted by molar-refractivity contribution is -0.116. The first-order valence-corrected chi connectivity index (χ1v) is 4.73. The Morgan fingerprint density at radius 2 is 2.23 bits per heavy atom. The lowest BCUT2D eigenvalue weighted by atomic mass is 9.95. The summed E-state index contributed by atoms with van der Waals surface area (Å²) >= 11 is 0. The van der Waals surface area contributed by atoms with E-state index in [0.717, 1.165) is 24.3 Å². The lowest BCUT2D eigenvalue weighted by Gasteiger charge is -2.08. The number of carbonyl (C=O) groups is 1. The molecule has 1 aromatic rings. The SMILES string of the molecule is CC(=O)Cc1onc2c1CCCC2. The van der Waals surface area contributed by atoms with Gasteiger partial charge < -0.3 is 4.52 Å². The van der Waals surface area contributed by atoms with Crippen LogP contribution >= 0.6 is 0 Å². The van der Waals surface area contributed by atoms with Crippen LogP contribution in [0.2, 0.25) is 0 Å². The van der Waals surface area contributed by atoms with Crippen LogP contribution in [0.1, 0.15) is 36.8 Å². The zero-order valence-electron chi connectivity index (χ0n) is 7.80. The molecule has 0 aromatic carbocycles. The molecule has 0 saturated carbocycles. The second-order valence-corrected chi connectivity index (χ2v) is 3.62. The van der Waals surface area contributed by atoms with Crippen LogP contribution in [0.4, 0.5) is 0 Å². The molecule has 0 atom stereocenters. The molecule has 0 fully saturated rings. The number of Topliss-reactive ketones (excluding diaryl/α,β-unsaturated/α-hetero) is 1. The van der Waals surface area contributed by atoms with Crippen molar-refractivity contribution in [2.75, 3.05) is 0 Å². The fourth-order valence-electron chi connectivity index (χ4n) is 1.82. The quantitative estimate of drug-likeness (QED) is 0.693. The molecule has 0 amide bonds. The van der Waals surface area contributed by atoms with E-state index < -0.39 is 0 Å². The molecule has 70 valence electrons. The Labute approximate surface area is 77.1 Å². The van der Waals surface area contributed by atoms with Crippen molar-refractivity contribution >= 4 is 5.78 Å². The van der Waals surface area contributed by atoms with Crippen molar-refractivity contribution in [2.45, 2.75) is 39.0 Å². The zero-order valence-corrected chi connectivity index (χ0v) is 7.80. The molecule has 3 heteroatoms. The fraction of sp³-hybridized carbons (Fsp3) is 0.600. The van der Waals surface area contributed by atoms with Gasteiger partial charge in [0.15, 0.2) is 0 Å². The minimum absolute atomic E-state index is 0.143. The van der Waals surface area contributed by atoms with Gasteiger partial charge in [-0.15, -0.1) is 0 Å². The molecule has 0 unspecified atom stereocenters. The summed E-state index contributed by atoms with van der Waals surface area (Å²) < 4.78 is 5.16. The third-order valence-electron chi connectivity index (χ3n) is 2.45. The van der Waals surface area contributed by atoms with E-state index in [9.17, 15) is 4.79 Å². The van der Waals surface area contributed by atoms with Gasteiger partial charge in [0.05, 0.1) is 12.1 Å². The Hall–Kier alpha value is -1.12. The maximum absolute atomic E-state index is 10.9. The van der Waals surface area contributed by atoms with E-state index in [1.54, 1.807) is 6.92 Å². The molecule has 0 N–H and O–H groups in total. The molecule has 1 heterocycles. The Balaban J connectivity index is 2.26. The Morgan fingerprint density at radius 3 is 3.00 bits per heavy atom. The largest absolute Gasteiger partial charge is 0.360 e. The first-order chi connectivity index (χ1) is 6.27. The maximum atomic E-state index is 10.9. The van der Waals surface area contributed by atoms with Gasteiger partial charge in [0.1, 0.15) is 11.5 Å². The molecule has 0 saturated heterocycles. The van der Waals surface area contributed by atoms with Gasteiger partial charge in [0.25, 0.3) is 0 Å². The summed E-state index contributed by atoms with van der Waals surface area (Å²) in [6.07, 6.45) is 4.83. The number of fused-ring (bicyclic) bond motifs is 1. The van der Waals surface area contributed by atoms with Gasteiger partial charge in [-0.3, -0.25) is 4.79 Å². The maximum Gasteiger partial charge on any atom is 0.147 e. The Morgan fingerprint density at radius 1 is 1.46 bits per heavy atom. The van der Waals surface area contributed by atoms with E-state index >= 15 is 0 Å². The van der Waals surface area contributed by atoms with Gasteiger partial charge in [-0.05, 0) is 32.6 Å². The van der Waals surface area contributed by atoms with Crippen molar-refractivity contribution in [1.82, 2.24) is 5.16 Å². The second-order valence-electron chi connectivity index (χ2n) is 3.62. The van der Waals surface area contributed by atoms with Crippen LogP contribution in [0.3, 0.4) is 0 Å². The molecule has 0 aliphatic heterocycles. The highest BCUT2D eigenvalue weighted by atomic mass is 16.5. The fourth-order valence-corrected chi connectivity index (χ4v) is 1.82. The molecule has 2 rings (SSSR count). The van der Waals surface area contributed by atoms with Gasteiger partial charge >= 0.3 is 0 Å². The molecule has 0 spiro atoms. The Kier molecular flexibility index (Phi) is 2.17. The van der Waals surface area contributed by atoms with Crippen molar-refractivity contribution in [1.29, 1.82) is 0 Å².